The molecule has 0 spiro atoms. The molecule has 10 heteroatoms. The van der Waals surface area contributed by atoms with Crippen LogP contribution in [-0.4, -0.2) is 39.1 Å². The number of nitro groups is 1. The van der Waals surface area contributed by atoms with Crippen molar-refractivity contribution in [1.29, 1.82) is 0 Å². The van der Waals surface area contributed by atoms with Crippen LogP contribution >= 0.6 is 11.3 Å². The Hall–Kier alpha value is -3.92. The van der Waals surface area contributed by atoms with Gasteiger partial charge in [-0.15, -0.1) is 11.3 Å². The third kappa shape index (κ3) is 4.64. The Kier molecular flexibility index (Phi) is 6.21. The highest BCUT2D eigenvalue weighted by molar-refractivity contribution is 7.14. The van der Waals surface area contributed by atoms with E-state index in [-0.39, 0.29) is 17.9 Å². The molecule has 1 heterocycles. The molecule has 0 saturated carbocycles. The first kappa shape index (κ1) is 21.8. The highest BCUT2D eigenvalue weighted by Crippen LogP contribution is 2.38. The van der Waals surface area contributed by atoms with Crippen molar-refractivity contribution in [3.8, 4) is 16.2 Å². The number of carbonyl (C=O) groups is 2. The first-order valence-electron chi connectivity index (χ1n) is 8.81. The summed E-state index contributed by atoms with van der Waals surface area (Å²) < 4.78 is 13.5. The van der Waals surface area contributed by atoms with Crippen LogP contribution < -0.4 is 0 Å². The van der Waals surface area contributed by atoms with Crippen LogP contribution in [0.4, 0.5) is 10.1 Å². The maximum Gasteiger partial charge on any atom is 0.342 e. The summed E-state index contributed by atoms with van der Waals surface area (Å²) in [6.07, 6.45) is 0. The Balaban J connectivity index is 1.83. The summed E-state index contributed by atoms with van der Waals surface area (Å²) in [5.41, 5.74) is -0.0269. The van der Waals surface area contributed by atoms with Crippen molar-refractivity contribution in [2.45, 2.75) is 6.92 Å². The fourth-order valence-corrected chi connectivity index (χ4v) is 3.85. The summed E-state index contributed by atoms with van der Waals surface area (Å²) in [5, 5.41) is 32.2. The van der Waals surface area contributed by atoms with Crippen LogP contribution in [0, 0.1) is 15.9 Å². The highest BCUT2D eigenvalue weighted by atomic mass is 32.1. The quantitative estimate of drug-likeness (QED) is 0.239. The van der Waals surface area contributed by atoms with E-state index in [0.717, 1.165) is 12.1 Å². The predicted octanol–water partition coefficient (Wildman–Crippen LogP) is 4.56. The van der Waals surface area contributed by atoms with Gasteiger partial charge < -0.3 is 10.2 Å². The number of benzene rings is 2. The standard InChI is InChI=1S/C21H15FN2O6S/c1-11(16-10-31-20(19(16)26)13-3-2-4-14(22)7-13)23-9-18(25)12-5-6-15(21(27)28)17(8-12)24(29)30/h2-8,10,26H,9H2,1H3,(H,27,28). The van der Waals surface area contributed by atoms with Crippen molar-refractivity contribution < 1.29 is 29.1 Å². The average Bonchev–Trinajstić information content (AvgIpc) is 3.12. The number of aliphatic imine (C=N–C) groups is 1. The minimum Gasteiger partial charge on any atom is -0.506 e. The molecule has 3 rings (SSSR count). The van der Waals surface area contributed by atoms with Crippen molar-refractivity contribution in [3.05, 3.63) is 80.5 Å². The van der Waals surface area contributed by atoms with E-state index < -0.39 is 33.7 Å². The first-order chi connectivity index (χ1) is 14.7. The minimum absolute atomic E-state index is 0.0526. The summed E-state index contributed by atoms with van der Waals surface area (Å²) in [7, 11) is 0. The van der Waals surface area contributed by atoms with E-state index in [1.165, 1.54) is 35.6 Å². The molecule has 0 unspecified atom stereocenters. The molecule has 31 heavy (non-hydrogen) atoms. The largest absolute Gasteiger partial charge is 0.506 e. The second-order valence-corrected chi connectivity index (χ2v) is 7.34. The van der Waals surface area contributed by atoms with Gasteiger partial charge in [0.2, 0.25) is 0 Å². The maximum absolute atomic E-state index is 13.5. The molecular formula is C21H15FN2O6S. The van der Waals surface area contributed by atoms with Gasteiger partial charge in [-0.1, -0.05) is 12.1 Å². The number of halogens is 1. The fourth-order valence-electron chi connectivity index (χ4n) is 2.85. The normalized spacial score (nSPS) is 11.4. The minimum atomic E-state index is -1.47. The number of hydrogen-bond acceptors (Lipinski definition) is 7. The Bertz CT molecular complexity index is 1230. The number of rotatable bonds is 7. The lowest BCUT2D eigenvalue weighted by atomic mass is 10.1. The Labute approximate surface area is 179 Å². The van der Waals surface area contributed by atoms with Gasteiger partial charge in [-0.3, -0.25) is 19.9 Å². The van der Waals surface area contributed by atoms with Gasteiger partial charge in [-0.05, 0) is 36.8 Å². The second kappa shape index (κ2) is 8.84. The fraction of sp³-hybridized carbons (Fsp3) is 0.0952. The van der Waals surface area contributed by atoms with Crippen molar-refractivity contribution in [2.24, 2.45) is 4.99 Å². The lowest BCUT2D eigenvalue weighted by Gasteiger charge is -2.04. The Morgan fingerprint density at radius 2 is 1.94 bits per heavy atom. The molecular weight excluding hydrogens is 427 g/mol. The number of aromatic carboxylic acids is 1. The molecule has 3 aromatic rings. The number of carbonyl (C=O) groups excluding carboxylic acids is 1. The van der Waals surface area contributed by atoms with E-state index >= 15 is 0 Å². The van der Waals surface area contributed by atoms with E-state index in [2.05, 4.69) is 4.99 Å². The molecule has 0 atom stereocenters. The lowest BCUT2D eigenvalue weighted by Crippen LogP contribution is -2.09. The molecule has 0 aliphatic heterocycles. The zero-order valence-electron chi connectivity index (χ0n) is 16.0. The van der Waals surface area contributed by atoms with Gasteiger partial charge in [0.05, 0.1) is 9.80 Å². The SMILES string of the molecule is CC(=NCC(=O)c1ccc(C(=O)O)c([N+](=O)[O-])c1)c1csc(-c2cccc(F)c2)c1O. The number of ketones is 1. The molecule has 1 aromatic heterocycles. The third-order valence-corrected chi connectivity index (χ3v) is 5.47. The summed E-state index contributed by atoms with van der Waals surface area (Å²) in [6.45, 7) is 1.22. The monoisotopic (exact) mass is 442 g/mol. The molecule has 0 amide bonds. The van der Waals surface area contributed by atoms with Crippen LogP contribution in [0.5, 0.6) is 5.75 Å². The zero-order valence-corrected chi connectivity index (χ0v) is 16.9. The Morgan fingerprint density at radius 1 is 1.19 bits per heavy atom. The highest BCUT2D eigenvalue weighted by Gasteiger charge is 2.22. The van der Waals surface area contributed by atoms with Crippen molar-refractivity contribution in [3.63, 3.8) is 0 Å². The van der Waals surface area contributed by atoms with Crippen molar-refractivity contribution >= 4 is 34.5 Å². The molecule has 2 aromatic carbocycles. The van der Waals surface area contributed by atoms with Crippen LogP contribution in [-0.2, 0) is 0 Å². The number of hydrogen-bond donors (Lipinski definition) is 2. The molecule has 0 bridgehead atoms. The van der Waals surface area contributed by atoms with Crippen molar-refractivity contribution in [2.75, 3.05) is 6.54 Å². The summed E-state index contributed by atoms with van der Waals surface area (Å²) >= 11 is 1.19. The molecule has 158 valence electrons. The van der Waals surface area contributed by atoms with E-state index in [0.29, 0.717) is 21.7 Å². The molecule has 0 radical (unpaired) electrons. The van der Waals surface area contributed by atoms with Crippen molar-refractivity contribution in [1.82, 2.24) is 0 Å². The number of nitro benzene ring substituents is 1. The van der Waals surface area contributed by atoms with E-state index in [4.69, 9.17) is 5.11 Å². The van der Waals surface area contributed by atoms with Gasteiger partial charge >= 0.3 is 5.97 Å². The number of nitrogens with zero attached hydrogens (tertiary/aromatic N) is 2. The number of carboxylic acid groups (broad SMARTS) is 1. The summed E-state index contributed by atoms with van der Waals surface area (Å²) in [6, 6.07) is 8.86. The topological polar surface area (TPSA) is 130 Å². The van der Waals surface area contributed by atoms with Gasteiger partial charge in [0.15, 0.2) is 5.78 Å². The van der Waals surface area contributed by atoms with Crippen LogP contribution in [0.1, 0.15) is 33.2 Å². The molecule has 2 N–H and O–H groups in total. The van der Waals surface area contributed by atoms with E-state index in [9.17, 15) is 29.2 Å². The van der Waals surface area contributed by atoms with Crippen LogP contribution in [0.25, 0.3) is 10.4 Å². The van der Waals surface area contributed by atoms with E-state index in [1.54, 1.807) is 18.4 Å². The molecule has 0 saturated heterocycles. The lowest BCUT2D eigenvalue weighted by molar-refractivity contribution is -0.385. The summed E-state index contributed by atoms with van der Waals surface area (Å²) in [5.74, 6) is -2.56. The second-order valence-electron chi connectivity index (χ2n) is 6.46. The molecule has 0 aliphatic carbocycles. The zero-order chi connectivity index (χ0) is 22.7. The van der Waals surface area contributed by atoms with Crippen LogP contribution in [0.2, 0.25) is 0 Å². The number of Topliss-reactive ketones (excluding diaryl/α,β-unsaturated/α-hetero) is 1. The van der Waals surface area contributed by atoms with Gasteiger partial charge in [0.25, 0.3) is 5.69 Å². The summed E-state index contributed by atoms with van der Waals surface area (Å²) in [4.78, 5) is 38.3. The number of aromatic hydroxyl groups is 1. The van der Waals surface area contributed by atoms with Gasteiger partial charge in [-0.2, -0.15) is 0 Å². The van der Waals surface area contributed by atoms with Crippen LogP contribution in [0.3, 0.4) is 0 Å². The number of carboxylic acids is 1. The molecule has 8 nitrogen and oxygen atoms in total. The van der Waals surface area contributed by atoms with Gasteiger partial charge in [0, 0.05) is 28.3 Å². The third-order valence-electron chi connectivity index (χ3n) is 4.45. The molecule has 0 aliphatic rings. The maximum atomic E-state index is 13.5. The first-order valence-corrected chi connectivity index (χ1v) is 9.69. The van der Waals surface area contributed by atoms with Gasteiger partial charge in [0.1, 0.15) is 23.7 Å². The number of thiophene rings is 1. The van der Waals surface area contributed by atoms with E-state index in [1.807, 2.05) is 0 Å². The van der Waals surface area contributed by atoms with Gasteiger partial charge in [-0.25, -0.2) is 9.18 Å². The Morgan fingerprint density at radius 3 is 2.58 bits per heavy atom. The predicted molar refractivity (Wildman–Crippen MR) is 113 cm³/mol. The smallest absolute Gasteiger partial charge is 0.342 e. The average molecular weight is 442 g/mol. The molecule has 0 fully saturated rings. The van der Waals surface area contributed by atoms with Crippen LogP contribution in [0.15, 0.2) is 52.8 Å².